The number of para-hydroxylation sites is 1. The van der Waals surface area contributed by atoms with Crippen LogP contribution in [0.1, 0.15) is 10.5 Å². The molecule has 1 aromatic heterocycles. The Morgan fingerprint density at radius 1 is 1.24 bits per heavy atom. The van der Waals surface area contributed by atoms with Gasteiger partial charge in [0.25, 0.3) is 5.91 Å². The van der Waals surface area contributed by atoms with E-state index >= 15 is 0 Å². The van der Waals surface area contributed by atoms with E-state index in [0.717, 1.165) is 37.2 Å². The van der Waals surface area contributed by atoms with Crippen LogP contribution in [0.4, 0.5) is 0 Å². The maximum absolute atomic E-state index is 12.6. The summed E-state index contributed by atoms with van der Waals surface area (Å²) in [4.78, 5) is 16.8. The third-order valence-corrected chi connectivity index (χ3v) is 5.10. The van der Waals surface area contributed by atoms with Crippen molar-refractivity contribution in [3.63, 3.8) is 0 Å². The van der Waals surface area contributed by atoms with Gasteiger partial charge in [0.15, 0.2) is 0 Å². The van der Waals surface area contributed by atoms with Gasteiger partial charge in [-0.25, -0.2) is 0 Å². The molecular formula is C18H21BrClN3O2. The monoisotopic (exact) mass is 425 g/mol. The largest absolute Gasteiger partial charge is 0.491 e. The molecule has 1 fully saturated rings. The zero-order valence-electron chi connectivity index (χ0n) is 14.1. The van der Waals surface area contributed by atoms with Gasteiger partial charge in [-0.15, -0.1) is 0 Å². The predicted molar refractivity (Wildman–Crippen MR) is 102 cm³/mol. The van der Waals surface area contributed by atoms with E-state index in [4.69, 9.17) is 16.3 Å². The fraction of sp³-hybridized carbons (Fsp3) is 0.389. The first-order valence-electron chi connectivity index (χ1n) is 8.25. The van der Waals surface area contributed by atoms with E-state index in [2.05, 4.69) is 20.8 Å². The Bertz CT molecular complexity index is 742. The van der Waals surface area contributed by atoms with Crippen LogP contribution in [0.3, 0.4) is 0 Å². The van der Waals surface area contributed by atoms with Crippen LogP contribution in [0.15, 0.2) is 41.0 Å². The van der Waals surface area contributed by atoms with Gasteiger partial charge in [0.1, 0.15) is 18.1 Å². The highest BCUT2D eigenvalue weighted by molar-refractivity contribution is 9.10. The lowest BCUT2D eigenvalue weighted by atomic mass is 10.2. The van der Waals surface area contributed by atoms with Crippen molar-refractivity contribution in [2.45, 2.75) is 0 Å². The Hall–Kier alpha value is -1.50. The number of hydrogen-bond acceptors (Lipinski definition) is 3. The number of benzene rings is 1. The number of piperazine rings is 1. The summed E-state index contributed by atoms with van der Waals surface area (Å²) >= 11 is 9.50. The van der Waals surface area contributed by atoms with E-state index in [1.165, 1.54) is 0 Å². The van der Waals surface area contributed by atoms with Gasteiger partial charge < -0.3 is 14.2 Å². The highest BCUT2D eigenvalue weighted by atomic mass is 79.9. The molecule has 5 nitrogen and oxygen atoms in total. The number of aryl methyl sites for hydroxylation is 1. The summed E-state index contributed by atoms with van der Waals surface area (Å²) in [6.07, 6.45) is 1.90. The first-order chi connectivity index (χ1) is 12.0. The molecule has 0 unspecified atom stereocenters. The summed E-state index contributed by atoms with van der Waals surface area (Å²) in [6, 6.07) is 9.36. The fourth-order valence-corrected chi connectivity index (χ4v) is 3.63. The summed E-state index contributed by atoms with van der Waals surface area (Å²) in [7, 11) is 1.89. The molecule has 1 aliphatic rings. The molecule has 2 aromatic rings. The first kappa shape index (κ1) is 18.3. The van der Waals surface area contributed by atoms with E-state index in [0.29, 0.717) is 23.1 Å². The van der Waals surface area contributed by atoms with Crippen molar-refractivity contribution >= 4 is 33.4 Å². The van der Waals surface area contributed by atoms with Crippen LogP contribution in [-0.4, -0.2) is 59.6 Å². The zero-order valence-corrected chi connectivity index (χ0v) is 16.5. The zero-order chi connectivity index (χ0) is 17.8. The number of hydrogen-bond donors (Lipinski definition) is 0. The molecule has 0 spiro atoms. The van der Waals surface area contributed by atoms with Gasteiger partial charge in [-0.05, 0) is 34.1 Å². The van der Waals surface area contributed by atoms with Crippen molar-refractivity contribution in [3.8, 4) is 5.75 Å². The molecule has 1 amide bonds. The number of nitrogens with zero attached hydrogens (tertiary/aromatic N) is 3. The second kappa shape index (κ2) is 8.25. The van der Waals surface area contributed by atoms with Crippen molar-refractivity contribution in [2.24, 2.45) is 7.05 Å². The molecule has 25 heavy (non-hydrogen) atoms. The van der Waals surface area contributed by atoms with Gasteiger partial charge in [0.05, 0.1) is 5.02 Å². The van der Waals surface area contributed by atoms with Gasteiger partial charge in [0.2, 0.25) is 0 Å². The van der Waals surface area contributed by atoms with Crippen molar-refractivity contribution in [3.05, 3.63) is 51.7 Å². The Morgan fingerprint density at radius 2 is 1.96 bits per heavy atom. The molecule has 1 aromatic carbocycles. The molecule has 134 valence electrons. The molecule has 1 aliphatic heterocycles. The topological polar surface area (TPSA) is 37.7 Å². The number of amides is 1. The van der Waals surface area contributed by atoms with Crippen LogP contribution in [0.25, 0.3) is 0 Å². The molecule has 7 heteroatoms. The average Bonchev–Trinajstić information content (AvgIpc) is 2.95. The molecule has 1 saturated heterocycles. The number of carbonyl (C=O) groups is 1. The van der Waals surface area contributed by atoms with E-state index < -0.39 is 0 Å². The number of rotatable bonds is 5. The minimum Gasteiger partial charge on any atom is -0.491 e. The summed E-state index contributed by atoms with van der Waals surface area (Å²) < 4.78 is 8.52. The molecule has 3 rings (SSSR count). The number of halogens is 2. The van der Waals surface area contributed by atoms with Crippen LogP contribution in [0, 0.1) is 0 Å². The van der Waals surface area contributed by atoms with Gasteiger partial charge >= 0.3 is 0 Å². The average molecular weight is 427 g/mol. The van der Waals surface area contributed by atoms with Gasteiger partial charge in [-0.1, -0.05) is 23.7 Å². The summed E-state index contributed by atoms with van der Waals surface area (Å²) in [5, 5.41) is 0.631. The summed E-state index contributed by atoms with van der Waals surface area (Å²) in [5.74, 6) is 0.799. The smallest absolute Gasteiger partial charge is 0.270 e. The lowest BCUT2D eigenvalue weighted by Crippen LogP contribution is -2.49. The van der Waals surface area contributed by atoms with Gasteiger partial charge in [-0.2, -0.15) is 0 Å². The molecule has 0 radical (unpaired) electrons. The molecule has 0 aliphatic carbocycles. The third-order valence-electron chi connectivity index (χ3n) is 4.35. The molecule has 0 bridgehead atoms. The van der Waals surface area contributed by atoms with E-state index in [-0.39, 0.29) is 5.91 Å². The molecule has 0 saturated carbocycles. The second-order valence-corrected chi connectivity index (χ2v) is 7.39. The van der Waals surface area contributed by atoms with Crippen molar-refractivity contribution in [1.29, 1.82) is 0 Å². The minimum absolute atomic E-state index is 0.0835. The van der Waals surface area contributed by atoms with Crippen LogP contribution in [0.2, 0.25) is 5.02 Å². The summed E-state index contributed by atoms with van der Waals surface area (Å²) in [5.41, 5.74) is 0.711. The normalized spacial score (nSPS) is 15.4. The van der Waals surface area contributed by atoms with Gasteiger partial charge in [-0.3, -0.25) is 9.69 Å². The lowest BCUT2D eigenvalue weighted by molar-refractivity contribution is 0.0611. The lowest BCUT2D eigenvalue weighted by Gasteiger charge is -2.34. The number of carbonyl (C=O) groups excluding carboxylic acids is 1. The number of aromatic nitrogens is 1. The Balaban J connectivity index is 1.45. The molecule has 0 N–H and O–H groups in total. The van der Waals surface area contributed by atoms with Crippen LogP contribution >= 0.6 is 27.5 Å². The van der Waals surface area contributed by atoms with E-state index in [1.54, 1.807) is 0 Å². The standard InChI is InChI=1S/C18H21BrClN3O2/c1-21-13-14(19)12-16(21)18(24)23-8-6-22(7-9-23)10-11-25-17-5-3-2-4-15(17)20/h2-5,12-13H,6-11H2,1H3. The number of ether oxygens (including phenoxy) is 1. The fourth-order valence-electron chi connectivity index (χ4n) is 2.92. The highest BCUT2D eigenvalue weighted by Crippen LogP contribution is 2.23. The molecule has 2 heterocycles. The molecule has 0 atom stereocenters. The third kappa shape index (κ3) is 4.57. The van der Waals surface area contributed by atoms with Crippen LogP contribution in [0.5, 0.6) is 5.75 Å². The maximum atomic E-state index is 12.6. The quantitative estimate of drug-likeness (QED) is 0.736. The minimum atomic E-state index is 0.0835. The van der Waals surface area contributed by atoms with Crippen LogP contribution in [-0.2, 0) is 7.05 Å². The SMILES string of the molecule is Cn1cc(Br)cc1C(=O)N1CCN(CCOc2ccccc2Cl)CC1. The first-order valence-corrected chi connectivity index (χ1v) is 9.42. The Morgan fingerprint density at radius 3 is 2.60 bits per heavy atom. The van der Waals surface area contributed by atoms with Gasteiger partial charge in [0, 0.05) is 50.4 Å². The Labute approximate surface area is 161 Å². The Kier molecular flexibility index (Phi) is 6.04. The van der Waals surface area contributed by atoms with E-state index in [1.807, 2.05) is 53.0 Å². The van der Waals surface area contributed by atoms with Crippen molar-refractivity contribution in [2.75, 3.05) is 39.3 Å². The van der Waals surface area contributed by atoms with E-state index in [9.17, 15) is 4.79 Å². The maximum Gasteiger partial charge on any atom is 0.270 e. The van der Waals surface area contributed by atoms with Crippen molar-refractivity contribution in [1.82, 2.24) is 14.4 Å². The second-order valence-electron chi connectivity index (χ2n) is 6.07. The van der Waals surface area contributed by atoms with Crippen LogP contribution < -0.4 is 4.74 Å². The summed E-state index contributed by atoms with van der Waals surface area (Å²) in [6.45, 7) is 4.57. The molecular weight excluding hydrogens is 406 g/mol. The van der Waals surface area contributed by atoms with Crippen molar-refractivity contribution < 1.29 is 9.53 Å². The highest BCUT2D eigenvalue weighted by Gasteiger charge is 2.23. The predicted octanol–water partition coefficient (Wildman–Crippen LogP) is 3.28.